The van der Waals surface area contributed by atoms with Crippen LogP contribution in [0.4, 0.5) is 15.8 Å². The number of piperazine rings is 1. The monoisotopic (exact) mass is 346 g/mol. The van der Waals surface area contributed by atoms with Gasteiger partial charge in [-0.15, -0.1) is 5.10 Å². The smallest absolute Gasteiger partial charge is 0.157 e. The van der Waals surface area contributed by atoms with Crippen LogP contribution in [0.2, 0.25) is 0 Å². The molecule has 2 heterocycles. The number of aryl methyl sites for hydroxylation is 2. The number of aromatic nitrogens is 2. The number of rotatable bonds is 4. The van der Waals surface area contributed by atoms with Crippen LogP contribution >= 0.6 is 0 Å². The highest BCUT2D eigenvalue weighted by Gasteiger charge is 2.24. The number of anilines is 2. The molecular weight excluding hydrogens is 323 g/mol. The van der Waals surface area contributed by atoms with Gasteiger partial charge in [-0.25, -0.2) is 15.8 Å². The first-order chi connectivity index (χ1) is 12.0. The summed E-state index contributed by atoms with van der Waals surface area (Å²) in [6.07, 6.45) is 0. The molecule has 0 unspecified atom stereocenters. The van der Waals surface area contributed by atoms with Gasteiger partial charge in [0.05, 0.1) is 28.3 Å². The van der Waals surface area contributed by atoms with Crippen LogP contribution < -0.4 is 26.9 Å². The van der Waals surface area contributed by atoms with Crippen LogP contribution in [0.15, 0.2) is 23.3 Å². The molecule has 25 heavy (non-hydrogen) atoms. The first-order valence-corrected chi connectivity index (χ1v) is 8.12. The first-order valence-electron chi connectivity index (χ1n) is 8.12. The molecule has 1 aromatic carbocycles. The zero-order chi connectivity index (χ0) is 18.0. The molecule has 8 nitrogen and oxygen atoms in total. The maximum atomic E-state index is 14.8. The lowest BCUT2D eigenvalue weighted by atomic mass is 10.1. The largest absolute Gasteiger partial charge is 0.382 e. The van der Waals surface area contributed by atoms with Crippen LogP contribution in [0.25, 0.3) is 0 Å². The molecule has 0 aliphatic carbocycles. The number of hydrazine groups is 1. The fourth-order valence-corrected chi connectivity index (χ4v) is 3.27. The maximum Gasteiger partial charge on any atom is 0.157 e. The van der Waals surface area contributed by atoms with Crippen molar-refractivity contribution >= 4 is 17.2 Å². The van der Waals surface area contributed by atoms with E-state index in [0.29, 0.717) is 18.8 Å². The van der Waals surface area contributed by atoms with Crippen LogP contribution in [-0.2, 0) is 0 Å². The lowest BCUT2D eigenvalue weighted by Crippen LogP contribution is -2.47. The Kier molecular flexibility index (Phi) is 4.75. The van der Waals surface area contributed by atoms with Gasteiger partial charge in [0.2, 0.25) is 0 Å². The van der Waals surface area contributed by atoms with Crippen molar-refractivity contribution in [3.8, 4) is 0 Å². The number of halogens is 1. The Balaban J connectivity index is 1.77. The highest BCUT2D eigenvalue weighted by molar-refractivity contribution is 5.98. The Morgan fingerprint density at radius 2 is 1.92 bits per heavy atom. The zero-order valence-electron chi connectivity index (χ0n) is 14.4. The molecule has 2 aromatic rings. The third kappa shape index (κ3) is 3.22. The van der Waals surface area contributed by atoms with Crippen LogP contribution in [0, 0.1) is 19.7 Å². The third-order valence-electron chi connectivity index (χ3n) is 4.47. The lowest BCUT2D eigenvalue weighted by Gasteiger charge is -2.37. The van der Waals surface area contributed by atoms with Crippen molar-refractivity contribution in [1.29, 1.82) is 0 Å². The molecule has 0 amide bonds. The molecule has 0 saturated carbocycles. The second kappa shape index (κ2) is 6.98. The van der Waals surface area contributed by atoms with Gasteiger partial charge in [-0.1, -0.05) is 6.07 Å². The van der Waals surface area contributed by atoms with E-state index in [1.54, 1.807) is 18.2 Å². The molecule has 1 aliphatic heterocycles. The summed E-state index contributed by atoms with van der Waals surface area (Å²) in [6.45, 7) is 6.99. The molecule has 0 spiro atoms. The van der Waals surface area contributed by atoms with E-state index in [0.717, 1.165) is 30.2 Å². The number of hydrazone groups is 1. The van der Waals surface area contributed by atoms with E-state index in [-0.39, 0.29) is 17.2 Å². The van der Waals surface area contributed by atoms with E-state index in [2.05, 4.69) is 25.7 Å². The van der Waals surface area contributed by atoms with Gasteiger partial charge in [0.25, 0.3) is 0 Å². The van der Waals surface area contributed by atoms with E-state index in [9.17, 15) is 4.39 Å². The molecule has 6 N–H and O–H groups in total. The Morgan fingerprint density at radius 3 is 2.52 bits per heavy atom. The summed E-state index contributed by atoms with van der Waals surface area (Å²) in [6, 6.07) is 5.11. The van der Waals surface area contributed by atoms with Crippen molar-refractivity contribution in [2.45, 2.75) is 13.8 Å². The van der Waals surface area contributed by atoms with Crippen molar-refractivity contribution in [2.24, 2.45) is 16.7 Å². The summed E-state index contributed by atoms with van der Waals surface area (Å²) in [7, 11) is 0. The standard InChI is InChI=1S/C16H23FN8/c1-10-15(11(2)21-20-10)25-8-6-24(7-9-25)13-5-3-4-12(14(13)17)16(18)22-23-19/h3-5,23H,6-9,19H2,1-2H3,(H2,18,22)(H,20,21). The first kappa shape index (κ1) is 17.0. The highest BCUT2D eigenvalue weighted by atomic mass is 19.1. The van der Waals surface area contributed by atoms with E-state index >= 15 is 0 Å². The van der Waals surface area contributed by atoms with Crippen molar-refractivity contribution in [2.75, 3.05) is 36.0 Å². The normalized spacial score (nSPS) is 15.6. The summed E-state index contributed by atoms with van der Waals surface area (Å²) >= 11 is 0. The Labute approximate surface area is 145 Å². The molecule has 0 radical (unpaired) electrons. The topological polar surface area (TPSA) is 112 Å². The van der Waals surface area contributed by atoms with Gasteiger partial charge in [0, 0.05) is 26.2 Å². The molecule has 1 aromatic heterocycles. The molecule has 3 rings (SSSR count). The average Bonchev–Trinajstić information content (AvgIpc) is 2.94. The number of H-pyrrole nitrogens is 1. The number of hydrogen-bond acceptors (Lipinski definition) is 6. The van der Waals surface area contributed by atoms with Crippen LogP contribution in [0.1, 0.15) is 17.0 Å². The molecule has 1 saturated heterocycles. The second-order valence-corrected chi connectivity index (χ2v) is 6.02. The van der Waals surface area contributed by atoms with Crippen molar-refractivity contribution in [1.82, 2.24) is 15.7 Å². The fourth-order valence-electron chi connectivity index (χ4n) is 3.27. The summed E-state index contributed by atoms with van der Waals surface area (Å²) in [5.74, 6) is 4.75. The third-order valence-corrected chi connectivity index (χ3v) is 4.47. The highest BCUT2D eigenvalue weighted by Crippen LogP contribution is 2.27. The van der Waals surface area contributed by atoms with Gasteiger partial charge in [0.15, 0.2) is 11.7 Å². The number of aromatic amines is 1. The van der Waals surface area contributed by atoms with Gasteiger partial charge in [-0.3, -0.25) is 5.10 Å². The lowest BCUT2D eigenvalue weighted by molar-refractivity contribution is 0.595. The molecule has 1 fully saturated rings. The van der Waals surface area contributed by atoms with E-state index in [1.165, 1.54) is 0 Å². The molecule has 0 atom stereocenters. The number of hydrogen-bond donors (Lipinski definition) is 4. The van der Waals surface area contributed by atoms with Gasteiger partial charge in [0.1, 0.15) is 0 Å². The zero-order valence-corrected chi connectivity index (χ0v) is 14.4. The number of nitrogens with zero attached hydrogens (tertiary/aromatic N) is 4. The predicted molar refractivity (Wildman–Crippen MR) is 96.9 cm³/mol. The minimum absolute atomic E-state index is 0.0186. The maximum absolute atomic E-state index is 14.8. The minimum atomic E-state index is -0.386. The Morgan fingerprint density at radius 1 is 1.24 bits per heavy atom. The van der Waals surface area contributed by atoms with E-state index in [4.69, 9.17) is 11.6 Å². The van der Waals surface area contributed by atoms with Crippen molar-refractivity contribution in [3.05, 3.63) is 41.0 Å². The van der Waals surface area contributed by atoms with Gasteiger partial charge in [-0.05, 0) is 26.0 Å². The fraction of sp³-hybridized carbons (Fsp3) is 0.375. The Bertz CT molecular complexity index is 757. The van der Waals surface area contributed by atoms with Gasteiger partial charge in [-0.2, -0.15) is 5.10 Å². The van der Waals surface area contributed by atoms with Gasteiger partial charge < -0.3 is 15.5 Å². The molecule has 9 heteroatoms. The number of amidine groups is 1. The molecule has 134 valence electrons. The average molecular weight is 346 g/mol. The van der Waals surface area contributed by atoms with Crippen LogP contribution in [-0.4, -0.2) is 42.2 Å². The summed E-state index contributed by atoms with van der Waals surface area (Å²) in [5.41, 5.74) is 11.8. The molecular formula is C16H23FN8. The van der Waals surface area contributed by atoms with Crippen molar-refractivity contribution < 1.29 is 4.39 Å². The molecule has 1 aliphatic rings. The summed E-state index contributed by atoms with van der Waals surface area (Å²) < 4.78 is 14.8. The SMILES string of the molecule is Cc1n[nH]c(C)c1N1CCN(c2cccc(/C(N)=N/NN)c2F)CC1. The van der Waals surface area contributed by atoms with Crippen molar-refractivity contribution in [3.63, 3.8) is 0 Å². The van der Waals surface area contributed by atoms with E-state index in [1.807, 2.05) is 18.7 Å². The number of nitrogens with one attached hydrogen (secondary N) is 2. The summed E-state index contributed by atoms with van der Waals surface area (Å²) in [4.78, 5) is 4.30. The van der Waals surface area contributed by atoms with Crippen LogP contribution in [0.3, 0.4) is 0 Å². The predicted octanol–water partition coefficient (Wildman–Crippen LogP) is 0.576. The number of benzene rings is 1. The number of nitrogens with two attached hydrogens (primary N) is 2. The minimum Gasteiger partial charge on any atom is -0.382 e. The Hall–Kier alpha value is -2.81. The molecule has 0 bridgehead atoms. The van der Waals surface area contributed by atoms with E-state index < -0.39 is 0 Å². The van der Waals surface area contributed by atoms with Crippen LogP contribution in [0.5, 0.6) is 0 Å². The summed E-state index contributed by atoms with van der Waals surface area (Å²) in [5, 5.41) is 10.9. The quantitative estimate of drug-likeness (QED) is 0.279. The van der Waals surface area contributed by atoms with Gasteiger partial charge >= 0.3 is 0 Å². The second-order valence-electron chi connectivity index (χ2n) is 6.02.